The van der Waals surface area contributed by atoms with Gasteiger partial charge in [0.05, 0.1) is 6.07 Å². The third kappa shape index (κ3) is 9.15. The number of aromatic hydroxyl groups is 1. The van der Waals surface area contributed by atoms with Crippen molar-refractivity contribution in [3.63, 3.8) is 0 Å². The van der Waals surface area contributed by atoms with E-state index in [2.05, 4.69) is 10.6 Å². The molecule has 3 N–H and O–H groups in total. The van der Waals surface area contributed by atoms with Crippen LogP contribution in [0.3, 0.4) is 0 Å². The third-order valence-corrected chi connectivity index (χ3v) is 5.24. The number of phenolic OH excluding ortho intramolecular Hbond substituents is 1. The molecule has 0 aliphatic carbocycles. The molecule has 0 bridgehead atoms. The van der Waals surface area contributed by atoms with Crippen LogP contribution in [0.4, 0.5) is 4.79 Å². The maximum Gasteiger partial charge on any atom is 0.408 e. The van der Waals surface area contributed by atoms with Crippen molar-refractivity contribution >= 4 is 17.9 Å². The van der Waals surface area contributed by atoms with E-state index in [4.69, 9.17) is 4.74 Å². The molecule has 2 atom stereocenters. The Hall–Kier alpha value is -4.06. The molecule has 198 valence electrons. The van der Waals surface area contributed by atoms with Crippen molar-refractivity contribution in [1.29, 1.82) is 5.26 Å². The van der Waals surface area contributed by atoms with Crippen LogP contribution in [0.1, 0.15) is 57.4 Å². The Morgan fingerprint density at radius 1 is 1.08 bits per heavy atom. The van der Waals surface area contributed by atoms with E-state index < -0.39 is 35.6 Å². The number of aryl methyl sites for hydroxylation is 1. The van der Waals surface area contributed by atoms with E-state index in [1.807, 2.05) is 19.1 Å². The minimum absolute atomic E-state index is 0.0482. The summed E-state index contributed by atoms with van der Waals surface area (Å²) in [6.45, 7) is 10.2. The summed E-state index contributed by atoms with van der Waals surface area (Å²) < 4.78 is 5.37. The fourth-order valence-corrected chi connectivity index (χ4v) is 3.77. The maximum atomic E-state index is 14.0. The number of carbonyl (C=O) groups is 3. The molecule has 0 heterocycles. The standard InChI is InChI=1S/C28H36N4O5/c1-18(2)30-25(34)24(21-9-7-8-19(3)16-21)32(15-14-29)26(35)23(31-27(36)37-28(4,5)6)17-20-10-12-22(33)13-11-20/h7-13,16,18,23-24,33H,15,17H2,1-6H3,(H,30,34)(H,31,36). The zero-order valence-electron chi connectivity index (χ0n) is 22.2. The number of phenols is 1. The van der Waals surface area contributed by atoms with E-state index in [1.54, 1.807) is 65.0 Å². The largest absolute Gasteiger partial charge is 0.508 e. The van der Waals surface area contributed by atoms with Gasteiger partial charge in [-0.05, 0) is 64.8 Å². The Morgan fingerprint density at radius 3 is 2.27 bits per heavy atom. The fourth-order valence-electron chi connectivity index (χ4n) is 3.77. The lowest BCUT2D eigenvalue weighted by atomic mass is 9.99. The van der Waals surface area contributed by atoms with Gasteiger partial charge in [-0.3, -0.25) is 9.59 Å². The van der Waals surface area contributed by atoms with Gasteiger partial charge in [0, 0.05) is 12.5 Å². The van der Waals surface area contributed by atoms with Crippen molar-refractivity contribution in [3.05, 3.63) is 65.2 Å². The zero-order valence-corrected chi connectivity index (χ0v) is 22.2. The molecule has 0 aliphatic rings. The van der Waals surface area contributed by atoms with Crippen LogP contribution in [0.2, 0.25) is 0 Å². The first-order chi connectivity index (χ1) is 17.3. The summed E-state index contributed by atoms with van der Waals surface area (Å²) in [5.41, 5.74) is 1.28. The van der Waals surface area contributed by atoms with E-state index in [9.17, 15) is 24.8 Å². The van der Waals surface area contributed by atoms with Crippen LogP contribution in [0, 0.1) is 18.3 Å². The van der Waals surface area contributed by atoms with Crippen LogP contribution in [0.5, 0.6) is 5.75 Å². The Kier molecular flexibility index (Phi) is 10.1. The number of carbonyl (C=O) groups excluding carboxylic acids is 3. The van der Waals surface area contributed by atoms with Gasteiger partial charge in [-0.2, -0.15) is 5.26 Å². The number of ether oxygens (including phenoxy) is 1. The Labute approximate surface area is 218 Å². The number of nitrogens with one attached hydrogen (secondary N) is 2. The van der Waals surface area contributed by atoms with Gasteiger partial charge in [0.25, 0.3) is 0 Å². The molecule has 0 aliphatic heterocycles. The van der Waals surface area contributed by atoms with Gasteiger partial charge < -0.3 is 25.4 Å². The number of alkyl carbamates (subject to hydrolysis) is 1. The molecule has 2 aromatic rings. The number of amides is 3. The summed E-state index contributed by atoms with van der Waals surface area (Å²) in [6, 6.07) is 12.9. The van der Waals surface area contributed by atoms with E-state index in [1.165, 1.54) is 17.0 Å². The van der Waals surface area contributed by atoms with Crippen LogP contribution >= 0.6 is 0 Å². The highest BCUT2D eigenvalue weighted by Gasteiger charge is 2.36. The molecular formula is C28H36N4O5. The van der Waals surface area contributed by atoms with Crippen molar-refractivity contribution in [3.8, 4) is 11.8 Å². The second-order valence-corrected chi connectivity index (χ2v) is 10.2. The maximum absolute atomic E-state index is 14.0. The molecule has 0 saturated heterocycles. The van der Waals surface area contributed by atoms with Crippen molar-refractivity contribution in [2.75, 3.05) is 6.54 Å². The van der Waals surface area contributed by atoms with Gasteiger partial charge in [-0.15, -0.1) is 0 Å². The number of benzene rings is 2. The van der Waals surface area contributed by atoms with Gasteiger partial charge in [-0.25, -0.2) is 4.79 Å². The molecule has 0 spiro atoms. The lowest BCUT2D eigenvalue weighted by Crippen LogP contribution is -2.54. The molecule has 0 radical (unpaired) electrons. The summed E-state index contributed by atoms with van der Waals surface area (Å²) in [6.07, 6.45) is -0.757. The van der Waals surface area contributed by atoms with Gasteiger partial charge in [0.2, 0.25) is 11.8 Å². The molecule has 0 fully saturated rings. The van der Waals surface area contributed by atoms with Crippen molar-refractivity contribution in [2.45, 2.75) is 71.7 Å². The van der Waals surface area contributed by atoms with Gasteiger partial charge in [0.1, 0.15) is 30.0 Å². The van der Waals surface area contributed by atoms with Crippen molar-refractivity contribution in [1.82, 2.24) is 15.5 Å². The van der Waals surface area contributed by atoms with Crippen LogP contribution in [-0.4, -0.2) is 52.1 Å². The Bertz CT molecular complexity index is 1130. The van der Waals surface area contributed by atoms with Crippen LogP contribution in [-0.2, 0) is 20.7 Å². The van der Waals surface area contributed by atoms with E-state index in [-0.39, 0.29) is 24.8 Å². The highest BCUT2D eigenvalue weighted by Crippen LogP contribution is 2.24. The van der Waals surface area contributed by atoms with Gasteiger partial charge in [0.15, 0.2) is 0 Å². The molecule has 37 heavy (non-hydrogen) atoms. The average Bonchev–Trinajstić information content (AvgIpc) is 2.77. The molecule has 2 unspecified atom stereocenters. The summed E-state index contributed by atoms with van der Waals surface area (Å²) in [7, 11) is 0. The summed E-state index contributed by atoms with van der Waals surface area (Å²) in [5, 5.41) is 24.7. The monoisotopic (exact) mass is 508 g/mol. The minimum Gasteiger partial charge on any atom is -0.508 e. The Balaban J connectivity index is 2.53. The highest BCUT2D eigenvalue weighted by molar-refractivity contribution is 5.92. The number of hydrogen-bond donors (Lipinski definition) is 3. The lowest BCUT2D eigenvalue weighted by Gasteiger charge is -2.33. The van der Waals surface area contributed by atoms with Gasteiger partial charge >= 0.3 is 6.09 Å². The highest BCUT2D eigenvalue weighted by atomic mass is 16.6. The topological polar surface area (TPSA) is 132 Å². The minimum atomic E-state index is -1.15. The average molecular weight is 509 g/mol. The van der Waals surface area contributed by atoms with Crippen LogP contribution < -0.4 is 10.6 Å². The second-order valence-electron chi connectivity index (χ2n) is 10.2. The predicted octanol–water partition coefficient (Wildman–Crippen LogP) is 3.75. The lowest BCUT2D eigenvalue weighted by molar-refractivity contribution is -0.142. The van der Waals surface area contributed by atoms with Crippen LogP contribution in [0.25, 0.3) is 0 Å². The molecule has 0 aromatic heterocycles. The third-order valence-electron chi connectivity index (χ3n) is 5.24. The number of nitrogens with zero attached hydrogens (tertiary/aromatic N) is 2. The van der Waals surface area contributed by atoms with E-state index in [0.29, 0.717) is 11.1 Å². The zero-order chi connectivity index (χ0) is 27.8. The summed E-state index contributed by atoms with van der Waals surface area (Å²) in [4.78, 5) is 41.2. The normalized spacial score (nSPS) is 12.7. The SMILES string of the molecule is Cc1cccc(C(C(=O)NC(C)C)N(CC#N)C(=O)C(Cc2ccc(O)cc2)NC(=O)OC(C)(C)C)c1. The molecule has 9 nitrogen and oxygen atoms in total. The molecule has 3 amide bonds. The predicted molar refractivity (Wildman–Crippen MR) is 139 cm³/mol. The van der Waals surface area contributed by atoms with Crippen molar-refractivity contribution in [2.24, 2.45) is 0 Å². The molecule has 9 heteroatoms. The first kappa shape index (κ1) is 29.2. The molecule has 2 aromatic carbocycles. The first-order valence-electron chi connectivity index (χ1n) is 12.1. The smallest absolute Gasteiger partial charge is 0.408 e. The second kappa shape index (κ2) is 12.8. The quantitative estimate of drug-likeness (QED) is 0.442. The van der Waals surface area contributed by atoms with E-state index in [0.717, 1.165) is 5.56 Å². The first-order valence-corrected chi connectivity index (χ1v) is 12.1. The number of rotatable bonds is 9. The fraction of sp³-hybridized carbons (Fsp3) is 0.429. The molecule has 0 saturated carbocycles. The Morgan fingerprint density at radius 2 is 1.73 bits per heavy atom. The summed E-state index contributed by atoms with van der Waals surface area (Å²) >= 11 is 0. The molecule has 2 rings (SSSR count). The summed E-state index contributed by atoms with van der Waals surface area (Å²) in [5.74, 6) is -1.00. The number of hydrogen-bond acceptors (Lipinski definition) is 6. The van der Waals surface area contributed by atoms with Gasteiger partial charge in [-0.1, -0.05) is 42.0 Å². The van der Waals surface area contributed by atoms with E-state index >= 15 is 0 Å². The van der Waals surface area contributed by atoms with Crippen molar-refractivity contribution < 1.29 is 24.2 Å². The van der Waals surface area contributed by atoms with Crippen LogP contribution in [0.15, 0.2) is 48.5 Å². The number of nitriles is 1. The molecular weight excluding hydrogens is 472 g/mol.